The predicted molar refractivity (Wildman–Crippen MR) is 79.2 cm³/mol. The Morgan fingerprint density at radius 2 is 1.89 bits per heavy atom. The normalized spacial score (nSPS) is 10.2. The van der Waals surface area contributed by atoms with Gasteiger partial charge in [0.2, 0.25) is 5.91 Å². The maximum atomic E-state index is 11.8. The van der Waals surface area contributed by atoms with Crippen molar-refractivity contribution >= 4 is 40.2 Å². The fourth-order valence-corrected chi connectivity index (χ4v) is 1.99. The van der Waals surface area contributed by atoms with Gasteiger partial charge in [0, 0.05) is 15.5 Å². The number of carbonyl (C=O) groups excluding carboxylic acids is 1. The lowest BCUT2D eigenvalue weighted by Crippen LogP contribution is -2.20. The SMILES string of the molecule is O=C(Cn1cccc1C(=O)O)Nc1ccc(I)cc1. The van der Waals surface area contributed by atoms with E-state index in [9.17, 15) is 9.59 Å². The van der Waals surface area contributed by atoms with Crippen LogP contribution in [0.4, 0.5) is 5.69 Å². The molecule has 2 rings (SSSR count). The second kappa shape index (κ2) is 5.87. The molecule has 2 N–H and O–H groups in total. The topological polar surface area (TPSA) is 71.3 Å². The highest BCUT2D eigenvalue weighted by Crippen LogP contribution is 2.11. The maximum Gasteiger partial charge on any atom is 0.352 e. The van der Waals surface area contributed by atoms with Crippen LogP contribution in [0.25, 0.3) is 0 Å². The second-order valence-electron chi connectivity index (χ2n) is 3.88. The number of carboxylic acids is 1. The van der Waals surface area contributed by atoms with Crippen LogP contribution in [-0.4, -0.2) is 21.6 Å². The Kier molecular flexibility index (Phi) is 4.20. The Morgan fingerprint density at radius 1 is 1.21 bits per heavy atom. The molecule has 6 heteroatoms. The van der Waals surface area contributed by atoms with Gasteiger partial charge in [-0.1, -0.05) is 0 Å². The van der Waals surface area contributed by atoms with Crippen molar-refractivity contribution in [3.63, 3.8) is 0 Å². The van der Waals surface area contributed by atoms with Crippen molar-refractivity contribution in [1.29, 1.82) is 0 Å². The van der Waals surface area contributed by atoms with Crippen LogP contribution in [0.5, 0.6) is 0 Å². The van der Waals surface area contributed by atoms with Crippen molar-refractivity contribution in [1.82, 2.24) is 4.57 Å². The van der Waals surface area contributed by atoms with Gasteiger partial charge in [0.05, 0.1) is 0 Å². The van der Waals surface area contributed by atoms with Crippen LogP contribution in [0, 0.1) is 3.57 Å². The van der Waals surface area contributed by atoms with Gasteiger partial charge in [0.1, 0.15) is 12.2 Å². The summed E-state index contributed by atoms with van der Waals surface area (Å²) in [5, 5.41) is 11.7. The first-order valence-corrected chi connectivity index (χ1v) is 6.58. The summed E-state index contributed by atoms with van der Waals surface area (Å²) in [4.78, 5) is 22.7. The van der Waals surface area contributed by atoms with Gasteiger partial charge in [-0.3, -0.25) is 4.79 Å². The number of carboxylic acid groups (broad SMARTS) is 1. The summed E-state index contributed by atoms with van der Waals surface area (Å²) in [6.07, 6.45) is 1.57. The van der Waals surface area contributed by atoms with Crippen molar-refractivity contribution in [2.24, 2.45) is 0 Å². The first-order valence-electron chi connectivity index (χ1n) is 5.50. The summed E-state index contributed by atoms with van der Waals surface area (Å²) in [7, 11) is 0. The number of halogens is 1. The van der Waals surface area contributed by atoms with Crippen LogP contribution >= 0.6 is 22.6 Å². The van der Waals surface area contributed by atoms with Crippen LogP contribution in [0.3, 0.4) is 0 Å². The van der Waals surface area contributed by atoms with Crippen LogP contribution in [0.1, 0.15) is 10.5 Å². The zero-order valence-corrected chi connectivity index (χ0v) is 12.0. The fourth-order valence-electron chi connectivity index (χ4n) is 1.63. The molecule has 2 aromatic rings. The molecule has 0 aliphatic heterocycles. The van der Waals surface area contributed by atoms with Gasteiger partial charge in [0.15, 0.2) is 0 Å². The lowest BCUT2D eigenvalue weighted by atomic mass is 10.3. The largest absolute Gasteiger partial charge is 0.477 e. The average molecular weight is 370 g/mol. The Balaban J connectivity index is 2.03. The number of amides is 1. The highest BCUT2D eigenvalue weighted by Gasteiger charge is 2.11. The maximum absolute atomic E-state index is 11.8. The van der Waals surface area contributed by atoms with Crippen molar-refractivity contribution in [3.8, 4) is 0 Å². The molecular weight excluding hydrogens is 359 g/mol. The van der Waals surface area contributed by atoms with Crippen molar-refractivity contribution in [3.05, 3.63) is 51.9 Å². The van der Waals surface area contributed by atoms with Gasteiger partial charge in [0.25, 0.3) is 0 Å². The molecule has 98 valence electrons. The summed E-state index contributed by atoms with van der Waals surface area (Å²) in [6, 6.07) is 10.4. The van der Waals surface area contributed by atoms with Crippen LogP contribution in [0.2, 0.25) is 0 Å². The number of aromatic nitrogens is 1. The van der Waals surface area contributed by atoms with Crippen molar-refractivity contribution in [2.75, 3.05) is 5.32 Å². The second-order valence-corrected chi connectivity index (χ2v) is 5.13. The first kappa shape index (κ1) is 13.6. The van der Waals surface area contributed by atoms with E-state index in [-0.39, 0.29) is 18.1 Å². The number of carbonyl (C=O) groups is 2. The summed E-state index contributed by atoms with van der Waals surface area (Å²) in [5.74, 6) is -1.31. The molecule has 0 unspecified atom stereocenters. The number of hydrogen-bond acceptors (Lipinski definition) is 2. The lowest BCUT2D eigenvalue weighted by molar-refractivity contribution is -0.116. The predicted octanol–water partition coefficient (Wildman–Crippen LogP) is 2.43. The third kappa shape index (κ3) is 3.57. The summed E-state index contributed by atoms with van der Waals surface area (Å²) in [6.45, 7) is -0.0272. The molecule has 0 aliphatic carbocycles. The molecule has 1 aromatic heterocycles. The Labute approximate surface area is 123 Å². The molecule has 0 saturated carbocycles. The Bertz CT molecular complexity index is 605. The molecule has 1 heterocycles. The number of nitrogens with zero attached hydrogens (tertiary/aromatic N) is 1. The van der Waals surface area contributed by atoms with E-state index in [4.69, 9.17) is 5.11 Å². The van der Waals surface area contributed by atoms with E-state index < -0.39 is 5.97 Å². The summed E-state index contributed by atoms with van der Waals surface area (Å²) < 4.78 is 2.47. The first-order chi connectivity index (χ1) is 9.06. The smallest absolute Gasteiger partial charge is 0.352 e. The van der Waals surface area contributed by atoms with E-state index in [1.807, 2.05) is 12.1 Å². The van der Waals surface area contributed by atoms with Crippen LogP contribution in [0.15, 0.2) is 42.6 Å². The zero-order chi connectivity index (χ0) is 13.8. The average Bonchev–Trinajstić information content (AvgIpc) is 2.80. The highest BCUT2D eigenvalue weighted by atomic mass is 127. The lowest BCUT2D eigenvalue weighted by Gasteiger charge is -2.08. The molecule has 1 amide bonds. The van der Waals surface area contributed by atoms with Crippen LogP contribution in [-0.2, 0) is 11.3 Å². The van der Waals surface area contributed by atoms with E-state index in [1.54, 1.807) is 24.4 Å². The van der Waals surface area contributed by atoms with Gasteiger partial charge in [-0.25, -0.2) is 4.79 Å². The number of hydrogen-bond donors (Lipinski definition) is 2. The minimum Gasteiger partial charge on any atom is -0.477 e. The molecule has 0 aliphatic rings. The number of aromatic carboxylic acids is 1. The van der Waals surface area contributed by atoms with Gasteiger partial charge in [-0.2, -0.15) is 0 Å². The molecule has 0 fully saturated rings. The van der Waals surface area contributed by atoms with Gasteiger partial charge in [-0.15, -0.1) is 0 Å². The third-order valence-corrected chi connectivity index (χ3v) is 3.21. The van der Waals surface area contributed by atoms with Gasteiger partial charge < -0.3 is 15.0 Å². The number of benzene rings is 1. The summed E-state index contributed by atoms with van der Waals surface area (Å²) in [5.41, 5.74) is 0.784. The zero-order valence-electron chi connectivity index (χ0n) is 9.84. The molecule has 0 bridgehead atoms. The third-order valence-electron chi connectivity index (χ3n) is 2.49. The van der Waals surface area contributed by atoms with Crippen LogP contribution < -0.4 is 5.32 Å². The molecule has 0 radical (unpaired) electrons. The van der Waals surface area contributed by atoms with E-state index >= 15 is 0 Å². The quantitative estimate of drug-likeness (QED) is 0.813. The molecule has 5 nitrogen and oxygen atoms in total. The molecular formula is C13H11IN2O3. The molecule has 1 aromatic carbocycles. The van der Waals surface area contributed by atoms with E-state index in [0.29, 0.717) is 5.69 Å². The number of anilines is 1. The molecule has 0 spiro atoms. The monoisotopic (exact) mass is 370 g/mol. The molecule has 0 saturated heterocycles. The van der Waals surface area contributed by atoms with E-state index in [1.165, 1.54) is 10.6 Å². The van der Waals surface area contributed by atoms with E-state index in [0.717, 1.165) is 3.57 Å². The summed E-state index contributed by atoms with van der Waals surface area (Å²) >= 11 is 2.18. The standard InChI is InChI=1S/C13H11IN2O3/c14-9-3-5-10(6-4-9)15-12(17)8-16-7-1-2-11(16)13(18)19/h1-7H,8H2,(H,15,17)(H,18,19). The minimum absolute atomic E-state index is 0.0272. The fraction of sp³-hybridized carbons (Fsp3) is 0.0769. The van der Waals surface area contributed by atoms with Gasteiger partial charge >= 0.3 is 5.97 Å². The highest BCUT2D eigenvalue weighted by molar-refractivity contribution is 14.1. The Hall–Kier alpha value is -1.83. The number of nitrogens with one attached hydrogen (secondary N) is 1. The van der Waals surface area contributed by atoms with Crippen molar-refractivity contribution in [2.45, 2.75) is 6.54 Å². The molecule has 0 atom stereocenters. The van der Waals surface area contributed by atoms with Gasteiger partial charge in [-0.05, 0) is 59.0 Å². The van der Waals surface area contributed by atoms with E-state index in [2.05, 4.69) is 27.9 Å². The minimum atomic E-state index is -1.05. The molecule has 19 heavy (non-hydrogen) atoms. The number of rotatable bonds is 4. The Morgan fingerprint density at radius 3 is 2.53 bits per heavy atom. The van der Waals surface area contributed by atoms with Crippen molar-refractivity contribution < 1.29 is 14.7 Å².